The van der Waals surface area contributed by atoms with Crippen molar-refractivity contribution in [2.45, 2.75) is 20.0 Å². The van der Waals surface area contributed by atoms with Gasteiger partial charge < -0.3 is 9.84 Å². The van der Waals surface area contributed by atoms with Gasteiger partial charge in [-0.2, -0.15) is 0 Å². The maximum atomic E-state index is 11.4. The van der Waals surface area contributed by atoms with Gasteiger partial charge in [0.1, 0.15) is 0 Å². The molecule has 0 radical (unpaired) electrons. The van der Waals surface area contributed by atoms with Gasteiger partial charge in [-0.1, -0.05) is 25.1 Å². The maximum absolute atomic E-state index is 11.4. The van der Waals surface area contributed by atoms with Crippen molar-refractivity contribution in [3.63, 3.8) is 0 Å². The fourth-order valence-corrected chi connectivity index (χ4v) is 1.13. The molecule has 0 saturated carbocycles. The SMILES string of the molecule is CCCOC(=O)c1ccccc1CO.[NaH]. The Morgan fingerprint density at radius 3 is 2.67 bits per heavy atom. The first kappa shape index (κ1) is 14.6. The van der Waals surface area contributed by atoms with E-state index in [1.807, 2.05) is 6.92 Å². The summed E-state index contributed by atoms with van der Waals surface area (Å²) >= 11 is 0. The molecule has 3 nitrogen and oxygen atoms in total. The third-order valence-corrected chi connectivity index (χ3v) is 1.84. The predicted octanol–water partition coefficient (Wildman–Crippen LogP) is 1.10. The summed E-state index contributed by atoms with van der Waals surface area (Å²) in [5.74, 6) is -0.364. The molecule has 15 heavy (non-hydrogen) atoms. The second-order valence-corrected chi connectivity index (χ2v) is 2.95. The van der Waals surface area contributed by atoms with Gasteiger partial charge in [0, 0.05) is 0 Å². The average Bonchev–Trinajstić information content (AvgIpc) is 2.25. The Hall–Kier alpha value is -0.350. The van der Waals surface area contributed by atoms with Crippen molar-refractivity contribution in [2.24, 2.45) is 0 Å². The summed E-state index contributed by atoms with van der Waals surface area (Å²) in [5, 5.41) is 8.98. The number of ether oxygens (including phenoxy) is 1. The number of carbonyl (C=O) groups excluding carboxylic acids is 1. The van der Waals surface area contributed by atoms with Crippen molar-refractivity contribution in [3.8, 4) is 0 Å². The van der Waals surface area contributed by atoms with Gasteiger partial charge in [0.25, 0.3) is 0 Å². The molecule has 0 bridgehead atoms. The van der Waals surface area contributed by atoms with E-state index in [0.717, 1.165) is 6.42 Å². The Morgan fingerprint density at radius 2 is 2.07 bits per heavy atom. The van der Waals surface area contributed by atoms with Crippen molar-refractivity contribution >= 4 is 35.5 Å². The molecule has 0 spiro atoms. The fourth-order valence-electron chi connectivity index (χ4n) is 1.13. The van der Waals surface area contributed by atoms with Gasteiger partial charge >= 0.3 is 35.5 Å². The van der Waals surface area contributed by atoms with Gasteiger partial charge in [-0.05, 0) is 18.1 Å². The molecule has 4 heteroatoms. The Balaban J connectivity index is 0.00000196. The second kappa shape index (κ2) is 7.88. The molecular weight excluding hydrogens is 203 g/mol. The van der Waals surface area contributed by atoms with Crippen LogP contribution < -0.4 is 0 Å². The molecule has 1 aromatic carbocycles. The number of carbonyl (C=O) groups is 1. The minimum atomic E-state index is -0.364. The van der Waals surface area contributed by atoms with Crippen LogP contribution in [0.2, 0.25) is 0 Å². The molecule has 0 aliphatic rings. The Kier molecular flexibility index (Phi) is 7.70. The topological polar surface area (TPSA) is 46.5 Å². The first-order valence-corrected chi connectivity index (χ1v) is 4.65. The summed E-state index contributed by atoms with van der Waals surface area (Å²) in [5.41, 5.74) is 1.05. The van der Waals surface area contributed by atoms with Crippen LogP contribution >= 0.6 is 0 Å². The Labute approximate surface area is 112 Å². The quantitative estimate of drug-likeness (QED) is 0.608. The monoisotopic (exact) mass is 218 g/mol. The Morgan fingerprint density at radius 1 is 1.40 bits per heavy atom. The molecule has 0 heterocycles. The number of hydrogen-bond donors (Lipinski definition) is 1. The molecule has 0 amide bonds. The zero-order chi connectivity index (χ0) is 10.4. The first-order valence-electron chi connectivity index (χ1n) is 4.65. The van der Waals surface area contributed by atoms with Gasteiger partial charge in [-0.15, -0.1) is 0 Å². The first-order chi connectivity index (χ1) is 6.79. The van der Waals surface area contributed by atoms with E-state index in [1.165, 1.54) is 0 Å². The number of esters is 1. The van der Waals surface area contributed by atoms with E-state index in [1.54, 1.807) is 24.3 Å². The van der Waals surface area contributed by atoms with Gasteiger partial charge in [-0.25, -0.2) is 4.79 Å². The van der Waals surface area contributed by atoms with Crippen molar-refractivity contribution in [1.82, 2.24) is 0 Å². The average molecular weight is 218 g/mol. The van der Waals surface area contributed by atoms with Crippen LogP contribution in [0.15, 0.2) is 24.3 Å². The number of benzene rings is 1. The van der Waals surface area contributed by atoms with Gasteiger partial charge in [0.05, 0.1) is 18.8 Å². The molecule has 0 aliphatic carbocycles. The van der Waals surface area contributed by atoms with E-state index < -0.39 is 0 Å². The van der Waals surface area contributed by atoms with Crippen LogP contribution in [0.4, 0.5) is 0 Å². The molecule has 0 aromatic heterocycles. The normalized spacial score (nSPS) is 9.20. The molecule has 0 saturated heterocycles. The van der Waals surface area contributed by atoms with Crippen LogP contribution in [-0.2, 0) is 11.3 Å². The van der Waals surface area contributed by atoms with Crippen LogP contribution in [0.5, 0.6) is 0 Å². The summed E-state index contributed by atoms with van der Waals surface area (Å²) in [7, 11) is 0. The predicted molar refractivity (Wildman–Crippen MR) is 60.1 cm³/mol. The third kappa shape index (κ3) is 4.34. The summed E-state index contributed by atoms with van der Waals surface area (Å²) < 4.78 is 4.97. The summed E-state index contributed by atoms with van der Waals surface area (Å²) in [6.07, 6.45) is 0.799. The molecular formula is C11H15NaO3. The van der Waals surface area contributed by atoms with E-state index >= 15 is 0 Å². The Bertz CT molecular complexity index is 312. The van der Waals surface area contributed by atoms with Gasteiger partial charge in [0.2, 0.25) is 0 Å². The molecule has 78 valence electrons. The molecule has 1 aromatic rings. The summed E-state index contributed by atoms with van der Waals surface area (Å²) in [6.45, 7) is 2.21. The van der Waals surface area contributed by atoms with Gasteiger partial charge in [-0.3, -0.25) is 0 Å². The zero-order valence-electron chi connectivity index (χ0n) is 8.19. The van der Waals surface area contributed by atoms with Crippen molar-refractivity contribution < 1.29 is 14.6 Å². The van der Waals surface area contributed by atoms with E-state index in [2.05, 4.69) is 0 Å². The van der Waals surface area contributed by atoms with Crippen LogP contribution in [0.3, 0.4) is 0 Å². The molecule has 0 unspecified atom stereocenters. The van der Waals surface area contributed by atoms with Crippen LogP contribution in [-0.4, -0.2) is 47.2 Å². The number of aliphatic hydroxyl groups excluding tert-OH is 1. The van der Waals surface area contributed by atoms with E-state index in [-0.39, 0.29) is 42.1 Å². The minimum absolute atomic E-state index is 0. The summed E-state index contributed by atoms with van der Waals surface area (Å²) in [4.78, 5) is 11.4. The number of rotatable bonds is 4. The van der Waals surface area contributed by atoms with Crippen molar-refractivity contribution in [1.29, 1.82) is 0 Å². The summed E-state index contributed by atoms with van der Waals surface area (Å²) in [6, 6.07) is 6.90. The van der Waals surface area contributed by atoms with Crippen molar-refractivity contribution in [2.75, 3.05) is 6.61 Å². The molecule has 0 aliphatic heterocycles. The molecule has 1 rings (SSSR count). The fraction of sp³-hybridized carbons (Fsp3) is 0.364. The zero-order valence-corrected chi connectivity index (χ0v) is 8.19. The second-order valence-electron chi connectivity index (χ2n) is 2.95. The van der Waals surface area contributed by atoms with Gasteiger partial charge in [0.15, 0.2) is 0 Å². The standard InChI is InChI=1S/C11H14O3.Na.H/c1-2-7-14-11(13)10-6-4-3-5-9(10)8-12;;/h3-6,12H,2,7-8H2,1H3;;. The molecule has 0 fully saturated rings. The number of hydrogen-bond acceptors (Lipinski definition) is 3. The van der Waals surface area contributed by atoms with E-state index in [0.29, 0.717) is 17.7 Å². The third-order valence-electron chi connectivity index (χ3n) is 1.84. The van der Waals surface area contributed by atoms with Crippen molar-refractivity contribution in [3.05, 3.63) is 35.4 Å². The molecule has 1 N–H and O–H groups in total. The molecule has 0 atom stereocenters. The van der Waals surface area contributed by atoms with Crippen LogP contribution in [0, 0.1) is 0 Å². The van der Waals surface area contributed by atoms with Crippen LogP contribution in [0.25, 0.3) is 0 Å². The van der Waals surface area contributed by atoms with E-state index in [4.69, 9.17) is 9.84 Å². The number of aliphatic hydroxyl groups is 1. The van der Waals surface area contributed by atoms with Crippen LogP contribution in [0.1, 0.15) is 29.3 Å². The van der Waals surface area contributed by atoms with E-state index in [9.17, 15) is 4.79 Å².